The number of benzene rings is 1. The van der Waals surface area contributed by atoms with Crippen LogP contribution in [0.25, 0.3) is 0 Å². The highest BCUT2D eigenvalue weighted by Crippen LogP contribution is 2.31. The van der Waals surface area contributed by atoms with Gasteiger partial charge in [-0.05, 0) is 54.7 Å². The SMILES string of the molecule is CC(C)CCC(Cl)c1ccc2c(c1)CCC2. The summed E-state index contributed by atoms with van der Waals surface area (Å²) < 4.78 is 0. The molecular weight excluding hydrogens is 216 g/mol. The van der Waals surface area contributed by atoms with E-state index in [1.54, 1.807) is 0 Å². The standard InChI is InChI=1S/C15H21Cl/c1-11(2)6-9-15(16)14-8-7-12-4-3-5-13(12)10-14/h7-8,10-11,15H,3-6,9H2,1-2H3. The van der Waals surface area contributed by atoms with E-state index in [1.807, 2.05) is 0 Å². The highest BCUT2D eigenvalue weighted by Gasteiger charge is 2.14. The van der Waals surface area contributed by atoms with Crippen LogP contribution in [0.3, 0.4) is 0 Å². The number of rotatable bonds is 4. The van der Waals surface area contributed by atoms with Gasteiger partial charge in [-0.15, -0.1) is 11.6 Å². The number of aryl methyl sites for hydroxylation is 2. The van der Waals surface area contributed by atoms with Crippen molar-refractivity contribution in [2.75, 3.05) is 0 Å². The maximum absolute atomic E-state index is 6.45. The van der Waals surface area contributed by atoms with Crippen molar-refractivity contribution in [3.8, 4) is 0 Å². The molecule has 1 unspecified atom stereocenters. The lowest BCUT2D eigenvalue weighted by atomic mass is 9.99. The molecule has 0 fully saturated rings. The molecule has 1 aliphatic rings. The molecule has 0 aromatic heterocycles. The second-order valence-corrected chi connectivity index (χ2v) is 5.85. The normalized spacial score (nSPS) is 16.5. The molecule has 0 heterocycles. The lowest BCUT2D eigenvalue weighted by Gasteiger charge is -2.13. The van der Waals surface area contributed by atoms with E-state index >= 15 is 0 Å². The van der Waals surface area contributed by atoms with Crippen LogP contribution >= 0.6 is 11.6 Å². The first-order chi connectivity index (χ1) is 7.66. The average Bonchev–Trinajstić information content (AvgIpc) is 2.72. The van der Waals surface area contributed by atoms with Gasteiger partial charge < -0.3 is 0 Å². The molecule has 0 aliphatic heterocycles. The maximum atomic E-state index is 6.45. The highest BCUT2D eigenvalue weighted by atomic mass is 35.5. The van der Waals surface area contributed by atoms with Gasteiger partial charge in [0.2, 0.25) is 0 Å². The fraction of sp³-hybridized carbons (Fsp3) is 0.600. The van der Waals surface area contributed by atoms with E-state index in [2.05, 4.69) is 32.0 Å². The zero-order chi connectivity index (χ0) is 11.5. The Bertz CT molecular complexity index is 354. The van der Waals surface area contributed by atoms with Crippen molar-refractivity contribution in [3.63, 3.8) is 0 Å². The molecule has 0 saturated heterocycles. The zero-order valence-electron chi connectivity index (χ0n) is 10.3. The minimum atomic E-state index is 0.202. The summed E-state index contributed by atoms with van der Waals surface area (Å²) in [6.07, 6.45) is 6.13. The first-order valence-corrected chi connectivity index (χ1v) is 6.86. The fourth-order valence-corrected chi connectivity index (χ4v) is 2.69. The molecular formula is C15H21Cl. The second-order valence-electron chi connectivity index (χ2n) is 5.32. The summed E-state index contributed by atoms with van der Waals surface area (Å²) in [4.78, 5) is 0. The fourth-order valence-electron chi connectivity index (χ4n) is 2.43. The van der Waals surface area contributed by atoms with Crippen molar-refractivity contribution in [1.29, 1.82) is 0 Å². The second kappa shape index (κ2) is 5.23. The molecule has 0 bridgehead atoms. The lowest BCUT2D eigenvalue weighted by molar-refractivity contribution is 0.549. The number of fused-ring (bicyclic) bond motifs is 1. The Kier molecular flexibility index (Phi) is 3.91. The molecule has 1 heteroatoms. The number of hydrogen-bond acceptors (Lipinski definition) is 0. The average molecular weight is 237 g/mol. The summed E-state index contributed by atoms with van der Waals surface area (Å²) in [6, 6.07) is 6.84. The van der Waals surface area contributed by atoms with Crippen LogP contribution < -0.4 is 0 Å². The van der Waals surface area contributed by atoms with Crippen LogP contribution in [0.1, 0.15) is 55.2 Å². The minimum absolute atomic E-state index is 0.202. The van der Waals surface area contributed by atoms with Crippen LogP contribution in [0.15, 0.2) is 18.2 Å². The van der Waals surface area contributed by atoms with Crippen molar-refractivity contribution in [3.05, 3.63) is 34.9 Å². The molecule has 0 N–H and O–H groups in total. The Morgan fingerprint density at radius 3 is 2.62 bits per heavy atom. The molecule has 2 rings (SSSR count). The predicted octanol–water partition coefficient (Wildman–Crippen LogP) is 4.89. The van der Waals surface area contributed by atoms with Gasteiger partial charge in [-0.1, -0.05) is 32.0 Å². The summed E-state index contributed by atoms with van der Waals surface area (Å²) in [5, 5.41) is 0.202. The van der Waals surface area contributed by atoms with E-state index in [9.17, 15) is 0 Å². The van der Waals surface area contributed by atoms with Crippen LogP contribution in [0.5, 0.6) is 0 Å². The minimum Gasteiger partial charge on any atom is -0.118 e. The van der Waals surface area contributed by atoms with Crippen molar-refractivity contribution in [1.82, 2.24) is 0 Å². The molecule has 1 aromatic rings. The molecule has 16 heavy (non-hydrogen) atoms. The van der Waals surface area contributed by atoms with Gasteiger partial charge in [-0.25, -0.2) is 0 Å². The number of alkyl halides is 1. The summed E-state index contributed by atoms with van der Waals surface area (Å²) in [7, 11) is 0. The van der Waals surface area contributed by atoms with Crippen molar-refractivity contribution < 1.29 is 0 Å². The first-order valence-electron chi connectivity index (χ1n) is 6.42. The Labute approximate surface area is 104 Å². The van der Waals surface area contributed by atoms with Gasteiger partial charge in [0, 0.05) is 0 Å². The van der Waals surface area contributed by atoms with Crippen LogP contribution in [-0.4, -0.2) is 0 Å². The Morgan fingerprint density at radius 1 is 1.12 bits per heavy atom. The molecule has 0 amide bonds. The van der Waals surface area contributed by atoms with Crippen LogP contribution in [0.2, 0.25) is 0 Å². The molecule has 0 saturated carbocycles. The lowest BCUT2D eigenvalue weighted by Crippen LogP contribution is -1.96. The third-order valence-corrected chi connectivity index (χ3v) is 3.95. The smallest absolute Gasteiger partial charge is 0.0585 e. The monoisotopic (exact) mass is 236 g/mol. The molecule has 0 nitrogen and oxygen atoms in total. The molecule has 1 aromatic carbocycles. The van der Waals surface area contributed by atoms with Crippen LogP contribution in [-0.2, 0) is 12.8 Å². The van der Waals surface area contributed by atoms with Gasteiger partial charge in [-0.2, -0.15) is 0 Å². The van der Waals surface area contributed by atoms with E-state index in [0.29, 0.717) is 0 Å². The molecule has 88 valence electrons. The van der Waals surface area contributed by atoms with Gasteiger partial charge >= 0.3 is 0 Å². The van der Waals surface area contributed by atoms with Gasteiger partial charge in [0.15, 0.2) is 0 Å². The summed E-state index contributed by atoms with van der Waals surface area (Å²) >= 11 is 6.45. The van der Waals surface area contributed by atoms with E-state index in [1.165, 1.54) is 42.4 Å². The van der Waals surface area contributed by atoms with E-state index in [4.69, 9.17) is 11.6 Å². The Balaban J connectivity index is 2.03. The summed E-state index contributed by atoms with van der Waals surface area (Å²) in [5.41, 5.74) is 4.40. The molecule has 1 aliphatic carbocycles. The van der Waals surface area contributed by atoms with Gasteiger partial charge in [0.1, 0.15) is 0 Å². The van der Waals surface area contributed by atoms with Crippen molar-refractivity contribution in [2.24, 2.45) is 5.92 Å². The topological polar surface area (TPSA) is 0 Å². The van der Waals surface area contributed by atoms with E-state index < -0.39 is 0 Å². The van der Waals surface area contributed by atoms with E-state index in [-0.39, 0.29) is 5.38 Å². The van der Waals surface area contributed by atoms with Crippen molar-refractivity contribution in [2.45, 2.75) is 51.3 Å². The quantitative estimate of drug-likeness (QED) is 0.653. The maximum Gasteiger partial charge on any atom is 0.0585 e. The molecule has 0 radical (unpaired) electrons. The van der Waals surface area contributed by atoms with Gasteiger partial charge in [0.25, 0.3) is 0 Å². The van der Waals surface area contributed by atoms with E-state index in [0.717, 1.165) is 12.3 Å². The predicted molar refractivity (Wildman–Crippen MR) is 71.1 cm³/mol. The molecule has 1 atom stereocenters. The summed E-state index contributed by atoms with van der Waals surface area (Å²) in [5.74, 6) is 0.746. The Morgan fingerprint density at radius 2 is 1.88 bits per heavy atom. The summed E-state index contributed by atoms with van der Waals surface area (Å²) in [6.45, 7) is 4.51. The van der Waals surface area contributed by atoms with Crippen LogP contribution in [0, 0.1) is 5.92 Å². The largest absolute Gasteiger partial charge is 0.118 e. The van der Waals surface area contributed by atoms with Crippen LogP contribution in [0.4, 0.5) is 0 Å². The highest BCUT2D eigenvalue weighted by molar-refractivity contribution is 6.20. The number of halogens is 1. The van der Waals surface area contributed by atoms with Gasteiger partial charge in [0.05, 0.1) is 5.38 Å². The third kappa shape index (κ3) is 2.79. The Hall–Kier alpha value is -0.490. The van der Waals surface area contributed by atoms with Crippen molar-refractivity contribution >= 4 is 11.6 Å². The first kappa shape index (κ1) is 12.0. The number of hydrogen-bond donors (Lipinski definition) is 0. The van der Waals surface area contributed by atoms with Gasteiger partial charge in [-0.3, -0.25) is 0 Å². The third-order valence-electron chi connectivity index (χ3n) is 3.48. The molecule has 0 spiro atoms. The zero-order valence-corrected chi connectivity index (χ0v) is 11.1.